The number of benzene rings is 2. The van der Waals surface area contributed by atoms with Crippen molar-refractivity contribution in [3.05, 3.63) is 82.3 Å². The van der Waals surface area contributed by atoms with Crippen molar-refractivity contribution in [2.24, 2.45) is 0 Å². The van der Waals surface area contributed by atoms with Gasteiger partial charge < -0.3 is 14.8 Å². The molecule has 0 aliphatic carbocycles. The van der Waals surface area contributed by atoms with Crippen molar-refractivity contribution in [1.29, 1.82) is 0 Å². The molecule has 1 N–H and O–H groups in total. The van der Waals surface area contributed by atoms with Crippen LogP contribution >= 0.6 is 11.3 Å². The number of thiophene rings is 1. The van der Waals surface area contributed by atoms with Crippen molar-refractivity contribution in [3.8, 4) is 0 Å². The van der Waals surface area contributed by atoms with E-state index in [2.05, 4.69) is 5.32 Å². The van der Waals surface area contributed by atoms with Crippen molar-refractivity contribution in [3.63, 3.8) is 0 Å². The Kier molecular flexibility index (Phi) is 8.26. The standard InChI is InChI=1S/C25H23FN2O6S2/c26-19-5-3-18(4-6-19)16-22(23-2-1-15-35-23)25(30)34-17-24(29)27-20-7-9-21(10-8-20)36(31,32)28-11-13-33-14-12-28/h1-10,15-16H,11-14,17H2,(H,27,29). The molecule has 0 atom stereocenters. The number of rotatable bonds is 8. The number of anilines is 1. The number of halogens is 1. The minimum absolute atomic E-state index is 0.111. The first-order chi connectivity index (χ1) is 17.3. The minimum atomic E-state index is -3.64. The number of amides is 1. The third kappa shape index (κ3) is 6.43. The average Bonchev–Trinajstić information content (AvgIpc) is 3.42. The van der Waals surface area contributed by atoms with Crippen LogP contribution in [0, 0.1) is 5.82 Å². The fraction of sp³-hybridized carbons (Fsp3) is 0.200. The van der Waals surface area contributed by atoms with Crippen LogP contribution in [0.4, 0.5) is 10.1 Å². The molecule has 1 fully saturated rings. The van der Waals surface area contributed by atoms with Crippen LogP contribution in [0.1, 0.15) is 10.4 Å². The first kappa shape index (κ1) is 25.7. The molecule has 188 valence electrons. The lowest BCUT2D eigenvalue weighted by Crippen LogP contribution is -2.40. The van der Waals surface area contributed by atoms with E-state index in [1.54, 1.807) is 23.6 Å². The molecule has 2 heterocycles. The normalized spacial score (nSPS) is 14.9. The van der Waals surface area contributed by atoms with Gasteiger partial charge in [-0.1, -0.05) is 18.2 Å². The molecule has 8 nitrogen and oxygen atoms in total. The number of nitrogens with one attached hydrogen (secondary N) is 1. The van der Waals surface area contributed by atoms with E-state index in [9.17, 15) is 22.4 Å². The number of ether oxygens (including phenoxy) is 2. The Bertz CT molecular complexity index is 1330. The zero-order valence-electron chi connectivity index (χ0n) is 19.1. The molecule has 4 rings (SSSR count). The molecule has 36 heavy (non-hydrogen) atoms. The lowest BCUT2D eigenvalue weighted by molar-refractivity contribution is -0.141. The van der Waals surface area contributed by atoms with Crippen molar-refractivity contribution in [1.82, 2.24) is 4.31 Å². The second kappa shape index (κ2) is 11.6. The Labute approximate surface area is 212 Å². The number of hydrogen-bond acceptors (Lipinski definition) is 7. The Morgan fingerprint density at radius 3 is 2.39 bits per heavy atom. The van der Waals surface area contributed by atoms with Crippen LogP contribution < -0.4 is 5.32 Å². The van der Waals surface area contributed by atoms with E-state index >= 15 is 0 Å². The van der Waals surface area contributed by atoms with E-state index in [0.717, 1.165) is 0 Å². The summed E-state index contributed by atoms with van der Waals surface area (Å²) in [6.45, 7) is 0.724. The van der Waals surface area contributed by atoms with Gasteiger partial charge in [0.2, 0.25) is 10.0 Å². The van der Waals surface area contributed by atoms with E-state index in [-0.39, 0.29) is 23.6 Å². The number of carbonyl (C=O) groups is 2. The van der Waals surface area contributed by atoms with Gasteiger partial charge in [0.25, 0.3) is 5.91 Å². The van der Waals surface area contributed by atoms with E-state index in [0.29, 0.717) is 29.3 Å². The number of carbonyl (C=O) groups excluding carboxylic acids is 2. The molecule has 0 bridgehead atoms. The van der Waals surface area contributed by atoms with Crippen molar-refractivity contribution >= 4 is 50.6 Å². The fourth-order valence-electron chi connectivity index (χ4n) is 3.44. The molecular formula is C25H23FN2O6S2. The first-order valence-corrected chi connectivity index (χ1v) is 13.3. The van der Waals surface area contributed by atoms with Crippen LogP contribution in [0.25, 0.3) is 11.6 Å². The Balaban J connectivity index is 1.37. The summed E-state index contributed by atoms with van der Waals surface area (Å²) < 4.78 is 50.4. The summed E-state index contributed by atoms with van der Waals surface area (Å²) in [6.07, 6.45) is 1.57. The molecule has 0 radical (unpaired) electrons. The summed E-state index contributed by atoms with van der Waals surface area (Å²) in [5, 5.41) is 4.38. The fourth-order valence-corrected chi connectivity index (χ4v) is 5.58. The first-order valence-electron chi connectivity index (χ1n) is 11.0. The van der Waals surface area contributed by atoms with Gasteiger partial charge in [0, 0.05) is 23.7 Å². The molecule has 1 aliphatic heterocycles. The van der Waals surface area contributed by atoms with Gasteiger partial charge >= 0.3 is 5.97 Å². The van der Waals surface area contributed by atoms with Crippen LogP contribution in [-0.4, -0.2) is 57.5 Å². The minimum Gasteiger partial charge on any atom is -0.452 e. The highest BCUT2D eigenvalue weighted by molar-refractivity contribution is 7.89. The van der Waals surface area contributed by atoms with Crippen molar-refractivity contribution in [2.75, 3.05) is 38.2 Å². The SMILES string of the molecule is O=C(COC(=O)C(=Cc1ccc(F)cc1)c1cccs1)Nc1ccc(S(=O)(=O)N2CCOCC2)cc1. The Morgan fingerprint density at radius 1 is 1.06 bits per heavy atom. The van der Waals surface area contributed by atoms with Gasteiger partial charge in [-0.15, -0.1) is 11.3 Å². The van der Waals surface area contributed by atoms with Crippen LogP contribution in [0.3, 0.4) is 0 Å². The predicted octanol–water partition coefficient (Wildman–Crippen LogP) is 3.63. The quantitative estimate of drug-likeness (QED) is 0.353. The zero-order valence-corrected chi connectivity index (χ0v) is 20.7. The molecule has 1 saturated heterocycles. The molecule has 0 unspecified atom stereocenters. The summed E-state index contributed by atoms with van der Waals surface area (Å²) in [7, 11) is -3.64. The summed E-state index contributed by atoms with van der Waals surface area (Å²) in [5.41, 5.74) is 1.20. The van der Waals surface area contributed by atoms with Gasteiger partial charge in [0.15, 0.2) is 6.61 Å². The van der Waals surface area contributed by atoms with Gasteiger partial charge in [0.05, 0.1) is 23.7 Å². The zero-order chi connectivity index (χ0) is 25.5. The summed E-state index contributed by atoms with van der Waals surface area (Å²) in [4.78, 5) is 25.9. The average molecular weight is 531 g/mol. The van der Waals surface area contributed by atoms with E-state index in [1.807, 2.05) is 0 Å². The Hall–Kier alpha value is -3.38. The third-order valence-corrected chi connectivity index (χ3v) is 8.08. The highest BCUT2D eigenvalue weighted by Crippen LogP contribution is 2.25. The number of morpholine rings is 1. The highest BCUT2D eigenvalue weighted by atomic mass is 32.2. The van der Waals surface area contributed by atoms with Crippen molar-refractivity contribution in [2.45, 2.75) is 4.90 Å². The number of nitrogens with zero attached hydrogens (tertiary/aromatic N) is 1. The van der Waals surface area contributed by atoms with Gasteiger partial charge in [-0.25, -0.2) is 17.6 Å². The highest BCUT2D eigenvalue weighted by Gasteiger charge is 2.26. The maximum absolute atomic E-state index is 13.2. The maximum atomic E-state index is 13.2. The van der Waals surface area contributed by atoms with Gasteiger partial charge in [0.1, 0.15) is 5.82 Å². The van der Waals surface area contributed by atoms with Crippen LogP contribution in [0.15, 0.2) is 70.9 Å². The van der Waals surface area contributed by atoms with E-state index in [1.165, 1.54) is 64.2 Å². The number of esters is 1. The van der Waals surface area contributed by atoms with E-state index in [4.69, 9.17) is 9.47 Å². The lowest BCUT2D eigenvalue weighted by atomic mass is 10.1. The molecule has 2 aromatic carbocycles. The van der Waals surface area contributed by atoms with Gasteiger partial charge in [-0.05, 0) is 59.5 Å². The largest absolute Gasteiger partial charge is 0.452 e. The van der Waals surface area contributed by atoms with Crippen LogP contribution in [-0.2, 0) is 29.1 Å². The second-order valence-electron chi connectivity index (χ2n) is 7.75. The summed E-state index contributed by atoms with van der Waals surface area (Å²) in [5.74, 6) is -1.68. The molecule has 11 heteroatoms. The summed E-state index contributed by atoms with van der Waals surface area (Å²) >= 11 is 1.33. The lowest BCUT2D eigenvalue weighted by Gasteiger charge is -2.26. The number of hydrogen-bond donors (Lipinski definition) is 1. The molecular weight excluding hydrogens is 507 g/mol. The number of sulfonamides is 1. The molecule has 1 aromatic heterocycles. The monoisotopic (exact) mass is 530 g/mol. The molecule has 0 spiro atoms. The summed E-state index contributed by atoms with van der Waals surface area (Å²) in [6, 6.07) is 14.9. The van der Waals surface area contributed by atoms with E-state index < -0.39 is 34.3 Å². The predicted molar refractivity (Wildman–Crippen MR) is 134 cm³/mol. The second-order valence-corrected chi connectivity index (χ2v) is 10.6. The molecule has 1 amide bonds. The molecule has 1 aliphatic rings. The molecule has 0 saturated carbocycles. The maximum Gasteiger partial charge on any atom is 0.340 e. The van der Waals surface area contributed by atoms with Gasteiger partial charge in [-0.2, -0.15) is 4.31 Å². The van der Waals surface area contributed by atoms with Crippen LogP contribution in [0.5, 0.6) is 0 Å². The third-order valence-electron chi connectivity index (χ3n) is 5.27. The smallest absolute Gasteiger partial charge is 0.340 e. The molecule has 3 aromatic rings. The Morgan fingerprint density at radius 2 is 1.75 bits per heavy atom. The van der Waals surface area contributed by atoms with Crippen molar-refractivity contribution < 1.29 is 31.9 Å². The van der Waals surface area contributed by atoms with Gasteiger partial charge in [-0.3, -0.25) is 4.79 Å². The van der Waals surface area contributed by atoms with Crippen LogP contribution in [0.2, 0.25) is 0 Å². The topological polar surface area (TPSA) is 102 Å².